The van der Waals surface area contributed by atoms with Crippen molar-refractivity contribution in [3.63, 3.8) is 0 Å². The molecule has 0 bridgehead atoms. The van der Waals surface area contributed by atoms with Crippen molar-refractivity contribution in [2.24, 2.45) is 0 Å². The van der Waals surface area contributed by atoms with Crippen LogP contribution in [0, 0.1) is 0 Å². The summed E-state index contributed by atoms with van der Waals surface area (Å²) in [5, 5.41) is 55.1. The number of amides is 1. The van der Waals surface area contributed by atoms with Crippen LogP contribution >= 0.6 is 0 Å². The topological polar surface area (TPSA) is 149 Å². The molecule has 1 saturated heterocycles. The molecule has 1 heterocycles. The van der Waals surface area contributed by atoms with Crippen LogP contribution in [0.25, 0.3) is 0 Å². The predicted molar refractivity (Wildman–Crippen MR) is 374 cm³/mol. The zero-order valence-corrected chi connectivity index (χ0v) is 58.1. The van der Waals surface area contributed by atoms with E-state index in [2.05, 4.69) is 43.5 Å². The normalized spacial score (nSPS) is 18.0. The van der Waals surface area contributed by atoms with Gasteiger partial charge in [-0.25, -0.2) is 0 Å². The Balaban J connectivity index is 2.06. The number of aliphatic hydroxyl groups excluding tert-OH is 5. The quantitative estimate of drug-likeness (QED) is 0.0261. The fourth-order valence-electron chi connectivity index (χ4n) is 13.0. The van der Waals surface area contributed by atoms with Crippen molar-refractivity contribution in [3.05, 3.63) is 24.3 Å². The van der Waals surface area contributed by atoms with Gasteiger partial charge in [-0.15, -0.1) is 0 Å². The van der Waals surface area contributed by atoms with Crippen LogP contribution in [-0.2, 0) is 14.3 Å². The first-order valence-electron chi connectivity index (χ1n) is 39.0. The number of unbranched alkanes of at least 4 members (excludes halogenated alkanes) is 56. The van der Waals surface area contributed by atoms with Gasteiger partial charge in [0.1, 0.15) is 24.4 Å². The van der Waals surface area contributed by atoms with E-state index in [0.29, 0.717) is 12.8 Å². The molecule has 9 heteroatoms. The van der Waals surface area contributed by atoms with Crippen LogP contribution in [0.15, 0.2) is 24.3 Å². The van der Waals surface area contributed by atoms with Crippen molar-refractivity contribution in [3.8, 4) is 0 Å². The fraction of sp³-hybridized carbons (Fsp3) is 0.936. The highest BCUT2D eigenvalue weighted by molar-refractivity contribution is 5.76. The lowest BCUT2D eigenvalue weighted by atomic mass is 9.99. The monoisotopic (exact) mass is 1230 g/mol. The molecule has 7 atom stereocenters. The molecule has 0 saturated carbocycles. The van der Waals surface area contributed by atoms with Crippen molar-refractivity contribution in [2.75, 3.05) is 13.2 Å². The summed E-state index contributed by atoms with van der Waals surface area (Å²) < 4.78 is 11.4. The van der Waals surface area contributed by atoms with Gasteiger partial charge in [0, 0.05) is 6.42 Å². The van der Waals surface area contributed by atoms with Gasteiger partial charge < -0.3 is 40.3 Å². The Kier molecular flexibility index (Phi) is 65.0. The molecule has 0 aromatic rings. The smallest absolute Gasteiger partial charge is 0.220 e. The van der Waals surface area contributed by atoms with E-state index >= 15 is 0 Å². The van der Waals surface area contributed by atoms with Gasteiger partial charge in [0.2, 0.25) is 5.91 Å². The second kappa shape index (κ2) is 67.6. The lowest BCUT2D eigenvalue weighted by Gasteiger charge is -2.40. The highest BCUT2D eigenvalue weighted by Gasteiger charge is 2.44. The van der Waals surface area contributed by atoms with E-state index in [1.165, 1.54) is 340 Å². The SMILES string of the molecule is CCCCCCC/C=C\C/C=C\CCCCCCCCCCCCCCCCCCCCCC(=O)NC(COC1OC(CO)C(O)C(O)C1O)C(O)CCCCCCCCCCCCCCCCCCCCCCCCCCCCCCCCCCC. The highest BCUT2D eigenvalue weighted by atomic mass is 16.7. The maximum Gasteiger partial charge on any atom is 0.220 e. The molecule has 9 nitrogen and oxygen atoms in total. The Labute approximate surface area is 540 Å². The van der Waals surface area contributed by atoms with Gasteiger partial charge in [0.25, 0.3) is 0 Å². The Morgan fingerprint density at radius 3 is 0.989 bits per heavy atom. The molecule has 87 heavy (non-hydrogen) atoms. The molecule has 0 aromatic carbocycles. The maximum atomic E-state index is 13.2. The predicted octanol–water partition coefficient (Wildman–Crippen LogP) is 22.0. The van der Waals surface area contributed by atoms with Gasteiger partial charge in [-0.1, -0.05) is 385 Å². The second-order valence-electron chi connectivity index (χ2n) is 27.5. The van der Waals surface area contributed by atoms with Crippen molar-refractivity contribution in [1.82, 2.24) is 5.32 Å². The van der Waals surface area contributed by atoms with Crippen molar-refractivity contribution >= 4 is 5.91 Å². The first-order chi connectivity index (χ1) is 42.8. The summed E-state index contributed by atoms with van der Waals surface area (Å²) in [6.45, 7) is 3.90. The molecule has 0 spiro atoms. The fourth-order valence-corrected chi connectivity index (χ4v) is 13.0. The van der Waals surface area contributed by atoms with Crippen molar-refractivity contribution < 1.29 is 39.8 Å². The van der Waals surface area contributed by atoms with E-state index in [9.17, 15) is 30.3 Å². The number of nitrogens with one attached hydrogen (secondary N) is 1. The third-order valence-electron chi connectivity index (χ3n) is 19.1. The molecular weight excluding hydrogens is 1080 g/mol. The third kappa shape index (κ3) is 56.0. The number of ether oxygens (including phenoxy) is 2. The number of aliphatic hydroxyl groups is 5. The minimum Gasteiger partial charge on any atom is -0.394 e. The largest absolute Gasteiger partial charge is 0.394 e. The minimum absolute atomic E-state index is 0.133. The number of allylic oxidation sites excluding steroid dienone is 4. The van der Waals surface area contributed by atoms with Gasteiger partial charge in [0.05, 0.1) is 25.4 Å². The lowest BCUT2D eigenvalue weighted by Crippen LogP contribution is -2.60. The van der Waals surface area contributed by atoms with Crippen LogP contribution in [0.1, 0.15) is 412 Å². The lowest BCUT2D eigenvalue weighted by molar-refractivity contribution is -0.302. The molecule has 0 aliphatic carbocycles. The van der Waals surface area contributed by atoms with E-state index in [-0.39, 0.29) is 12.5 Å². The van der Waals surface area contributed by atoms with E-state index in [1.807, 2.05) is 0 Å². The zero-order chi connectivity index (χ0) is 62.8. The van der Waals surface area contributed by atoms with Gasteiger partial charge in [-0.05, 0) is 44.9 Å². The summed E-state index contributed by atoms with van der Waals surface area (Å²) in [6, 6.07) is -0.719. The Hall–Kier alpha value is -1.33. The Bertz CT molecular complexity index is 1430. The Morgan fingerprint density at radius 1 is 0.391 bits per heavy atom. The van der Waals surface area contributed by atoms with E-state index in [0.717, 1.165) is 44.9 Å². The van der Waals surface area contributed by atoms with E-state index in [4.69, 9.17) is 9.47 Å². The molecule has 1 fully saturated rings. The average molecular weight is 1230 g/mol. The van der Waals surface area contributed by atoms with E-state index in [1.54, 1.807) is 0 Å². The molecule has 1 aliphatic heterocycles. The minimum atomic E-state index is -1.55. The number of hydrogen-bond acceptors (Lipinski definition) is 8. The molecule has 7 unspecified atom stereocenters. The van der Waals surface area contributed by atoms with Gasteiger partial charge in [-0.3, -0.25) is 4.79 Å². The van der Waals surface area contributed by atoms with Crippen LogP contribution in [0.5, 0.6) is 0 Å². The molecule has 516 valence electrons. The van der Waals surface area contributed by atoms with Crippen molar-refractivity contribution in [1.29, 1.82) is 0 Å². The van der Waals surface area contributed by atoms with Gasteiger partial charge in [0.15, 0.2) is 6.29 Å². The summed E-state index contributed by atoms with van der Waals surface area (Å²) in [6.07, 6.45) is 82.8. The number of hydrogen-bond donors (Lipinski definition) is 6. The number of rotatable bonds is 70. The summed E-state index contributed by atoms with van der Waals surface area (Å²) in [4.78, 5) is 13.2. The molecule has 1 aliphatic rings. The van der Waals surface area contributed by atoms with Crippen LogP contribution in [-0.4, -0.2) is 87.5 Å². The van der Waals surface area contributed by atoms with Gasteiger partial charge in [-0.2, -0.15) is 0 Å². The molecule has 6 N–H and O–H groups in total. The summed E-state index contributed by atoms with van der Waals surface area (Å²) in [5.74, 6) is -0.135. The molecule has 1 rings (SSSR count). The highest BCUT2D eigenvalue weighted by Crippen LogP contribution is 2.24. The number of carbonyl (C=O) groups excluding carboxylic acids is 1. The van der Waals surface area contributed by atoms with Crippen molar-refractivity contribution in [2.45, 2.75) is 455 Å². The molecule has 1 amide bonds. The second-order valence-corrected chi connectivity index (χ2v) is 27.5. The summed E-state index contributed by atoms with van der Waals surface area (Å²) in [5.41, 5.74) is 0. The summed E-state index contributed by atoms with van der Waals surface area (Å²) >= 11 is 0. The average Bonchev–Trinajstić information content (AvgIpc) is 3.47. The maximum absolute atomic E-state index is 13.2. The van der Waals surface area contributed by atoms with Crippen LogP contribution in [0.2, 0.25) is 0 Å². The third-order valence-corrected chi connectivity index (χ3v) is 19.1. The zero-order valence-electron chi connectivity index (χ0n) is 58.1. The molecule has 0 radical (unpaired) electrons. The first-order valence-corrected chi connectivity index (χ1v) is 39.0. The molecular formula is C78H151NO8. The number of carbonyl (C=O) groups is 1. The first kappa shape index (κ1) is 83.7. The van der Waals surface area contributed by atoms with Crippen LogP contribution < -0.4 is 5.32 Å². The van der Waals surface area contributed by atoms with E-state index < -0.39 is 49.5 Å². The Morgan fingerprint density at radius 2 is 0.678 bits per heavy atom. The summed E-state index contributed by atoms with van der Waals surface area (Å²) in [7, 11) is 0. The van der Waals surface area contributed by atoms with Crippen LogP contribution in [0.4, 0.5) is 0 Å². The molecule has 0 aromatic heterocycles. The van der Waals surface area contributed by atoms with Crippen LogP contribution in [0.3, 0.4) is 0 Å². The standard InChI is InChI=1S/C78H151NO8/c1-3-5-7-9-11-13-15-17-19-21-23-25-27-29-31-33-35-36-38-39-41-43-45-47-49-51-53-55-57-59-61-63-65-67-72(81)71(70-86-78-77(85)76(84)75(83)73(69-80)87-78)79-74(82)68-66-64-62-60-58-56-54-52-50-48-46-44-42-40-37-34-32-30-28-26-24-22-20-18-16-14-12-10-8-6-4-2/h16,18,22,24,71-73,75-78,80-81,83-85H,3-15,17,19-21,23,25-70H2,1-2H3,(H,79,82)/b18-16-,24-22-. The van der Waals surface area contributed by atoms with Gasteiger partial charge >= 0.3 is 0 Å².